The molecule has 0 aliphatic rings. The minimum Gasteiger partial charge on any atom is -0.386 e. The number of hydrogen-bond donors (Lipinski definition) is 1. The third-order valence-electron chi connectivity index (χ3n) is 2.22. The van der Waals surface area contributed by atoms with Crippen LogP contribution in [0.1, 0.15) is 18.6 Å². The molecule has 0 spiro atoms. The molecule has 0 unspecified atom stereocenters. The van der Waals surface area contributed by atoms with Gasteiger partial charge in [0.1, 0.15) is 16.1 Å². The molecule has 0 aliphatic carbocycles. The van der Waals surface area contributed by atoms with Crippen LogP contribution in [-0.4, -0.2) is 23.4 Å². The molecule has 1 N–H and O–H groups in total. The topological polar surface area (TPSA) is 54.4 Å². The van der Waals surface area contributed by atoms with Crippen LogP contribution < -0.4 is 0 Å². The average Bonchev–Trinajstić information content (AvgIpc) is 2.27. The quantitative estimate of drug-likeness (QED) is 0.866. The van der Waals surface area contributed by atoms with Crippen LogP contribution in [-0.2, 0) is 9.84 Å². The maximum absolute atomic E-state index is 13.3. The lowest BCUT2D eigenvalue weighted by Crippen LogP contribution is -2.24. The molecule has 0 heterocycles. The molecule has 1 aromatic carbocycles. The highest BCUT2D eigenvalue weighted by Crippen LogP contribution is 2.28. The highest BCUT2D eigenvalue weighted by atomic mass is 79.9. The third kappa shape index (κ3) is 2.81. The van der Waals surface area contributed by atoms with E-state index in [0.717, 1.165) is 0 Å². The monoisotopic (exact) mass is 310 g/mol. The van der Waals surface area contributed by atoms with Gasteiger partial charge in [0, 0.05) is 11.3 Å². The van der Waals surface area contributed by atoms with Crippen molar-refractivity contribution in [1.29, 1.82) is 0 Å². The van der Waals surface area contributed by atoms with E-state index in [-0.39, 0.29) is 11.3 Å². The summed E-state index contributed by atoms with van der Waals surface area (Å²) >= 11 is 2.89. The molecule has 0 bridgehead atoms. The van der Waals surface area contributed by atoms with Crippen LogP contribution >= 0.6 is 15.9 Å². The molecule has 6 heteroatoms. The summed E-state index contributed by atoms with van der Waals surface area (Å²) in [5.74, 6) is -0.736. The molecule has 1 aromatic rings. The van der Waals surface area contributed by atoms with E-state index in [1.807, 2.05) is 0 Å². The Morgan fingerprint density at radius 1 is 1.44 bits per heavy atom. The number of sulfone groups is 1. The molecule has 0 amide bonds. The van der Waals surface area contributed by atoms with Crippen LogP contribution in [0.5, 0.6) is 0 Å². The molecular weight excluding hydrogens is 299 g/mol. The van der Waals surface area contributed by atoms with Crippen molar-refractivity contribution in [2.24, 2.45) is 0 Å². The van der Waals surface area contributed by atoms with Crippen molar-refractivity contribution in [3.63, 3.8) is 0 Å². The van der Waals surface area contributed by atoms with Crippen molar-refractivity contribution in [1.82, 2.24) is 0 Å². The maximum Gasteiger partial charge on any atom is 0.165 e. The second-order valence-corrected chi connectivity index (χ2v) is 7.27. The Kier molecular flexibility index (Phi) is 4.46. The first kappa shape index (κ1) is 13.6. The summed E-state index contributed by atoms with van der Waals surface area (Å²) < 4.78 is 35.1. The number of alkyl halides is 1. The van der Waals surface area contributed by atoms with Gasteiger partial charge in [-0.25, -0.2) is 12.8 Å². The molecule has 3 nitrogen and oxygen atoms in total. The summed E-state index contributed by atoms with van der Waals surface area (Å²) in [6.45, 7) is 1.47. The molecule has 16 heavy (non-hydrogen) atoms. The Balaban J connectivity index is 3.04. The van der Waals surface area contributed by atoms with Crippen LogP contribution in [0, 0.1) is 5.82 Å². The van der Waals surface area contributed by atoms with Gasteiger partial charge in [0.15, 0.2) is 9.84 Å². The van der Waals surface area contributed by atoms with Crippen LogP contribution in [0.4, 0.5) is 4.39 Å². The lowest BCUT2D eigenvalue weighted by molar-refractivity contribution is 0.190. The zero-order valence-corrected chi connectivity index (χ0v) is 11.0. The fraction of sp³-hybridized carbons (Fsp3) is 0.400. The minimum absolute atomic E-state index is 0.0265. The predicted octanol–water partition coefficient (Wildman–Crippen LogP) is 2.01. The van der Waals surface area contributed by atoms with Crippen LogP contribution in [0.3, 0.4) is 0 Å². The maximum atomic E-state index is 13.3. The van der Waals surface area contributed by atoms with Crippen molar-refractivity contribution in [3.05, 3.63) is 35.6 Å². The number of halogens is 2. The first-order valence-corrected chi connectivity index (χ1v) is 7.31. The molecule has 0 radical (unpaired) electrons. The van der Waals surface area contributed by atoms with Crippen molar-refractivity contribution in [2.75, 3.05) is 5.75 Å². The number of hydrogen-bond acceptors (Lipinski definition) is 3. The normalized spacial score (nSPS) is 15.8. The summed E-state index contributed by atoms with van der Waals surface area (Å²) in [7, 11) is -3.46. The molecule has 2 atom stereocenters. The van der Waals surface area contributed by atoms with Gasteiger partial charge in [0.2, 0.25) is 0 Å². The highest BCUT2D eigenvalue weighted by Gasteiger charge is 2.30. The first-order chi connectivity index (χ1) is 7.40. The van der Waals surface area contributed by atoms with E-state index in [4.69, 9.17) is 0 Å². The summed E-state index contributed by atoms with van der Waals surface area (Å²) in [5, 5.41) is 9.77. The van der Waals surface area contributed by atoms with Gasteiger partial charge in [-0.05, 0) is 6.07 Å². The summed E-state index contributed by atoms with van der Waals surface area (Å²) in [5.41, 5.74) is -0.0265. The van der Waals surface area contributed by atoms with Gasteiger partial charge in [-0.15, -0.1) is 0 Å². The predicted molar refractivity (Wildman–Crippen MR) is 63.5 cm³/mol. The van der Waals surface area contributed by atoms with Gasteiger partial charge in [-0.1, -0.05) is 41.1 Å². The lowest BCUT2D eigenvalue weighted by Gasteiger charge is -2.17. The first-order valence-electron chi connectivity index (χ1n) is 4.68. The summed E-state index contributed by atoms with van der Waals surface area (Å²) in [6.07, 6.45) is -1.41. The Bertz CT molecular complexity index is 461. The minimum atomic E-state index is -3.46. The Labute approximate surface area is 102 Å². The Hall–Kier alpha value is -0.460. The molecule has 1 rings (SSSR count). The number of benzene rings is 1. The van der Waals surface area contributed by atoms with Crippen LogP contribution in [0.15, 0.2) is 24.3 Å². The zero-order valence-electron chi connectivity index (χ0n) is 8.60. The largest absolute Gasteiger partial charge is 0.386 e. The van der Waals surface area contributed by atoms with E-state index in [1.54, 1.807) is 6.07 Å². The lowest BCUT2D eigenvalue weighted by atomic mass is 10.1. The zero-order chi connectivity index (χ0) is 12.3. The SMILES string of the molecule is CCS(=O)(=O)[C@@H](Br)[C@@H](O)c1ccccc1F. The molecule has 0 saturated heterocycles. The van der Waals surface area contributed by atoms with Crippen molar-refractivity contribution in [2.45, 2.75) is 17.2 Å². The second-order valence-electron chi connectivity index (χ2n) is 3.27. The van der Waals surface area contributed by atoms with Crippen LogP contribution in [0.25, 0.3) is 0 Å². The molecule has 0 aliphatic heterocycles. The van der Waals surface area contributed by atoms with E-state index < -0.39 is 25.9 Å². The molecule has 90 valence electrons. The summed E-state index contributed by atoms with van der Waals surface area (Å²) in [6, 6.07) is 5.55. The van der Waals surface area contributed by atoms with Gasteiger partial charge >= 0.3 is 0 Å². The van der Waals surface area contributed by atoms with Gasteiger partial charge in [-0.2, -0.15) is 0 Å². The van der Waals surface area contributed by atoms with Gasteiger partial charge < -0.3 is 5.11 Å². The van der Waals surface area contributed by atoms with Gasteiger partial charge in [0.05, 0.1) is 0 Å². The number of rotatable bonds is 4. The summed E-state index contributed by atoms with van der Waals surface area (Å²) in [4.78, 5) is 0. The van der Waals surface area contributed by atoms with E-state index in [2.05, 4.69) is 15.9 Å². The standard InChI is InChI=1S/C10H12BrFO3S/c1-2-16(14,15)10(11)9(13)7-5-3-4-6-8(7)12/h3-6,9-10,13H,2H2,1H3/t9-,10+/m0/s1. The number of aliphatic hydroxyl groups excluding tert-OH is 1. The van der Waals surface area contributed by atoms with Crippen molar-refractivity contribution >= 4 is 25.8 Å². The third-order valence-corrected chi connectivity index (χ3v) is 6.18. The van der Waals surface area contributed by atoms with Crippen molar-refractivity contribution < 1.29 is 17.9 Å². The Morgan fingerprint density at radius 3 is 2.50 bits per heavy atom. The molecule has 0 aromatic heterocycles. The van der Waals surface area contributed by atoms with E-state index >= 15 is 0 Å². The fourth-order valence-electron chi connectivity index (χ4n) is 1.21. The highest BCUT2D eigenvalue weighted by molar-refractivity contribution is 9.11. The second kappa shape index (κ2) is 5.25. The fourth-order valence-corrected chi connectivity index (χ4v) is 3.15. The molecule has 0 fully saturated rings. The van der Waals surface area contributed by atoms with E-state index in [0.29, 0.717) is 0 Å². The molecular formula is C10H12BrFO3S. The van der Waals surface area contributed by atoms with E-state index in [1.165, 1.54) is 25.1 Å². The Morgan fingerprint density at radius 2 is 2.00 bits per heavy atom. The van der Waals surface area contributed by atoms with Crippen molar-refractivity contribution in [3.8, 4) is 0 Å². The number of aliphatic hydroxyl groups is 1. The average molecular weight is 311 g/mol. The molecule has 0 saturated carbocycles. The smallest absolute Gasteiger partial charge is 0.165 e. The van der Waals surface area contributed by atoms with Gasteiger partial charge in [0.25, 0.3) is 0 Å². The van der Waals surface area contributed by atoms with Crippen LogP contribution in [0.2, 0.25) is 0 Å². The van der Waals surface area contributed by atoms with E-state index in [9.17, 15) is 17.9 Å². The van der Waals surface area contributed by atoms with Gasteiger partial charge in [-0.3, -0.25) is 0 Å².